The predicted octanol–water partition coefficient (Wildman–Crippen LogP) is 8.64. The molecule has 0 fully saturated rings. The fourth-order valence-corrected chi connectivity index (χ4v) is 6.61. The number of aromatic nitrogens is 1. The molecule has 7 aromatic rings. The highest BCUT2D eigenvalue weighted by Crippen LogP contribution is 2.48. The molecule has 2 heterocycles. The Morgan fingerprint density at radius 1 is 0.614 bits per heavy atom. The summed E-state index contributed by atoms with van der Waals surface area (Å²) in [7, 11) is 0. The summed E-state index contributed by atoms with van der Waals surface area (Å²) in [5, 5.41) is 23.8. The van der Waals surface area contributed by atoms with Crippen LogP contribution < -0.4 is 4.90 Å². The van der Waals surface area contributed by atoms with Gasteiger partial charge in [0.1, 0.15) is 0 Å². The minimum atomic E-state index is -1.24. The number of anilines is 1. The number of benzene rings is 6. The van der Waals surface area contributed by atoms with Crippen LogP contribution in [0.4, 0.5) is 5.69 Å². The molecule has 0 aliphatic carbocycles. The first-order chi connectivity index (χ1) is 21.7. The summed E-state index contributed by atoms with van der Waals surface area (Å²) >= 11 is 0. The van der Waals surface area contributed by atoms with E-state index in [1.165, 1.54) is 0 Å². The zero-order valence-electron chi connectivity index (χ0n) is 23.6. The van der Waals surface area contributed by atoms with Gasteiger partial charge in [-0.15, -0.1) is 0 Å². The molecule has 208 valence electrons. The lowest BCUT2D eigenvalue weighted by molar-refractivity contribution is 0.0935. The second-order valence-electron chi connectivity index (χ2n) is 10.9. The highest BCUT2D eigenvalue weighted by molar-refractivity contribution is 6.16. The fourth-order valence-electron chi connectivity index (χ4n) is 6.61. The molecule has 1 amide bonds. The van der Waals surface area contributed by atoms with Crippen molar-refractivity contribution in [1.82, 2.24) is 4.57 Å². The third-order valence-electron chi connectivity index (χ3n) is 8.52. The van der Waals surface area contributed by atoms with Gasteiger partial charge in [0.15, 0.2) is 6.23 Å². The van der Waals surface area contributed by atoms with Crippen molar-refractivity contribution >= 4 is 33.4 Å². The molecule has 0 spiro atoms. The summed E-state index contributed by atoms with van der Waals surface area (Å²) in [6, 6.07) is 47.4. The number of carbonyl (C=O) groups is 1. The second kappa shape index (κ2) is 10.1. The maximum absolute atomic E-state index is 14.4. The molecule has 0 saturated carbocycles. The smallest absolute Gasteiger partial charge is 0.261 e. The molecule has 0 radical (unpaired) electrons. The largest absolute Gasteiger partial charge is 0.369 e. The quantitative estimate of drug-likeness (QED) is 0.231. The Hall–Kier alpha value is -5.96. The molecule has 1 atom stereocenters. The van der Waals surface area contributed by atoms with Crippen molar-refractivity contribution in [2.24, 2.45) is 0 Å². The van der Waals surface area contributed by atoms with Gasteiger partial charge in [-0.3, -0.25) is 9.69 Å². The summed E-state index contributed by atoms with van der Waals surface area (Å²) in [5.74, 6) is -0.262. The van der Waals surface area contributed by atoms with Gasteiger partial charge in [-0.2, -0.15) is 5.26 Å². The maximum Gasteiger partial charge on any atom is 0.261 e. The Balaban J connectivity index is 1.38. The van der Waals surface area contributed by atoms with Gasteiger partial charge in [-0.05, 0) is 47.5 Å². The van der Waals surface area contributed by atoms with Gasteiger partial charge in [-0.25, -0.2) is 0 Å². The van der Waals surface area contributed by atoms with Crippen LogP contribution in [0.25, 0.3) is 49.7 Å². The highest BCUT2D eigenvalue weighted by Gasteiger charge is 2.41. The number of hydrogen-bond acceptors (Lipinski definition) is 3. The number of nitriles is 1. The summed E-state index contributed by atoms with van der Waals surface area (Å²) in [6.07, 6.45) is -1.24. The van der Waals surface area contributed by atoms with Crippen LogP contribution in [-0.2, 0) is 0 Å². The van der Waals surface area contributed by atoms with Gasteiger partial charge in [0.05, 0.1) is 34.0 Å². The molecule has 5 heteroatoms. The summed E-state index contributed by atoms with van der Waals surface area (Å²) in [4.78, 5) is 16.0. The fraction of sp³-hybridized carbons (Fsp3) is 0.0256. The molecule has 1 N–H and O–H groups in total. The average molecular weight is 568 g/mol. The molecule has 6 aromatic carbocycles. The SMILES string of the molecule is N#Cc1ccc2c(c1)c1ccccc1n2-c1cccc2c1C(O)N(c1c(-c3ccccc3)cccc1-c1ccccc1)C2=O. The van der Waals surface area contributed by atoms with Gasteiger partial charge in [-0.1, -0.05) is 103 Å². The summed E-state index contributed by atoms with van der Waals surface area (Å²) in [5.41, 5.74) is 8.40. The molecule has 1 unspecified atom stereocenters. The molecule has 0 bridgehead atoms. The van der Waals surface area contributed by atoms with Crippen LogP contribution in [0, 0.1) is 11.3 Å². The first kappa shape index (κ1) is 25.7. The number of rotatable bonds is 4. The van der Waals surface area contributed by atoms with Crippen LogP contribution in [-0.4, -0.2) is 15.6 Å². The van der Waals surface area contributed by atoms with Crippen LogP contribution in [0.3, 0.4) is 0 Å². The van der Waals surface area contributed by atoms with Crippen molar-refractivity contribution in [3.05, 3.63) is 156 Å². The Morgan fingerprint density at radius 3 is 1.89 bits per heavy atom. The van der Waals surface area contributed by atoms with E-state index in [2.05, 4.69) is 10.6 Å². The van der Waals surface area contributed by atoms with Gasteiger partial charge in [0, 0.05) is 33.0 Å². The van der Waals surface area contributed by atoms with Crippen molar-refractivity contribution < 1.29 is 9.90 Å². The monoisotopic (exact) mass is 567 g/mol. The van der Waals surface area contributed by atoms with Crippen molar-refractivity contribution in [1.29, 1.82) is 5.26 Å². The second-order valence-corrected chi connectivity index (χ2v) is 10.9. The van der Waals surface area contributed by atoms with E-state index in [9.17, 15) is 15.2 Å². The van der Waals surface area contributed by atoms with Crippen molar-refractivity contribution in [3.8, 4) is 34.0 Å². The third-order valence-corrected chi connectivity index (χ3v) is 8.52. The molecular weight excluding hydrogens is 542 g/mol. The van der Waals surface area contributed by atoms with E-state index in [0.29, 0.717) is 22.4 Å². The summed E-state index contributed by atoms with van der Waals surface area (Å²) < 4.78 is 2.09. The lowest BCUT2D eigenvalue weighted by atomic mass is 9.95. The number of amides is 1. The molecule has 5 nitrogen and oxygen atoms in total. The zero-order valence-corrected chi connectivity index (χ0v) is 23.6. The van der Waals surface area contributed by atoms with E-state index in [0.717, 1.165) is 49.7 Å². The normalized spacial score (nSPS) is 14.2. The standard InChI is InChI=1S/C39H25N3O2/c40-24-25-21-22-34-32(23-25)30-15-7-8-19-33(30)41(34)35-20-10-18-31-36(35)39(44)42(38(31)43)37-28(26-11-3-1-4-12-26)16-9-17-29(37)27-13-5-2-6-14-27/h1-23,39,44H. The van der Waals surface area contributed by atoms with Crippen molar-refractivity contribution in [3.63, 3.8) is 0 Å². The van der Waals surface area contributed by atoms with Gasteiger partial charge < -0.3 is 9.67 Å². The minimum absolute atomic E-state index is 0.262. The van der Waals surface area contributed by atoms with Gasteiger partial charge >= 0.3 is 0 Å². The molecule has 44 heavy (non-hydrogen) atoms. The van der Waals surface area contributed by atoms with E-state index in [1.807, 2.05) is 127 Å². The highest BCUT2D eigenvalue weighted by atomic mass is 16.3. The first-order valence-electron chi connectivity index (χ1n) is 14.5. The minimum Gasteiger partial charge on any atom is -0.369 e. The van der Waals surface area contributed by atoms with Crippen LogP contribution >= 0.6 is 0 Å². The van der Waals surface area contributed by atoms with Gasteiger partial charge in [0.25, 0.3) is 5.91 Å². The number of carbonyl (C=O) groups excluding carboxylic acids is 1. The molecule has 8 rings (SSSR count). The van der Waals surface area contributed by atoms with Gasteiger partial charge in [0.2, 0.25) is 0 Å². The Kier molecular flexibility index (Phi) is 5.90. The Labute approximate surface area is 254 Å². The molecule has 0 saturated heterocycles. The molecule has 1 aliphatic heterocycles. The lowest BCUT2D eigenvalue weighted by Crippen LogP contribution is -2.29. The van der Waals surface area contributed by atoms with E-state index in [1.54, 1.807) is 17.0 Å². The van der Waals surface area contributed by atoms with Crippen molar-refractivity contribution in [2.75, 3.05) is 4.90 Å². The Morgan fingerprint density at radius 2 is 1.20 bits per heavy atom. The molecule has 1 aliphatic rings. The van der Waals surface area contributed by atoms with Crippen LogP contribution in [0.5, 0.6) is 0 Å². The number of aliphatic hydroxyl groups is 1. The lowest BCUT2D eigenvalue weighted by Gasteiger charge is -2.27. The Bertz CT molecular complexity index is 2220. The zero-order chi connectivity index (χ0) is 29.8. The number of nitrogens with zero attached hydrogens (tertiary/aromatic N) is 3. The molecular formula is C39H25N3O2. The van der Waals surface area contributed by atoms with E-state index in [4.69, 9.17) is 0 Å². The van der Waals surface area contributed by atoms with Crippen LogP contribution in [0.1, 0.15) is 27.7 Å². The van der Waals surface area contributed by atoms with Crippen molar-refractivity contribution in [2.45, 2.75) is 6.23 Å². The molecule has 1 aromatic heterocycles. The van der Waals surface area contributed by atoms with E-state index in [-0.39, 0.29) is 5.91 Å². The summed E-state index contributed by atoms with van der Waals surface area (Å²) in [6.45, 7) is 0. The van der Waals surface area contributed by atoms with Crippen LogP contribution in [0.2, 0.25) is 0 Å². The average Bonchev–Trinajstić information content (AvgIpc) is 3.55. The first-order valence-corrected chi connectivity index (χ1v) is 14.5. The number of hydrogen-bond donors (Lipinski definition) is 1. The number of para-hydroxylation sites is 2. The van der Waals surface area contributed by atoms with E-state index >= 15 is 0 Å². The number of aliphatic hydroxyl groups excluding tert-OH is 1. The maximum atomic E-state index is 14.4. The number of fused-ring (bicyclic) bond motifs is 4. The topological polar surface area (TPSA) is 69.3 Å². The third kappa shape index (κ3) is 3.79. The van der Waals surface area contributed by atoms with E-state index < -0.39 is 6.23 Å². The van der Waals surface area contributed by atoms with Crippen LogP contribution in [0.15, 0.2) is 140 Å². The predicted molar refractivity (Wildman–Crippen MR) is 175 cm³/mol.